The SMILES string of the molecule is Cl.Cl.O=C(CCN1CCN(Cc2ccccc2F)CC1)c1ccc(I)cc1. The van der Waals surface area contributed by atoms with E-state index in [1.807, 2.05) is 36.4 Å². The molecule has 1 aliphatic rings. The van der Waals surface area contributed by atoms with Crippen LogP contribution in [0.1, 0.15) is 22.3 Å². The van der Waals surface area contributed by atoms with E-state index in [1.54, 1.807) is 6.07 Å². The first-order valence-corrected chi connectivity index (χ1v) is 9.66. The number of carbonyl (C=O) groups is 1. The van der Waals surface area contributed by atoms with Crippen LogP contribution in [0.2, 0.25) is 0 Å². The van der Waals surface area contributed by atoms with E-state index < -0.39 is 0 Å². The molecular formula is C20H24Cl2FIN2O. The van der Waals surface area contributed by atoms with Crippen molar-refractivity contribution < 1.29 is 9.18 Å². The molecule has 0 spiro atoms. The van der Waals surface area contributed by atoms with Crippen LogP contribution in [0, 0.1) is 9.39 Å². The minimum Gasteiger partial charge on any atom is -0.300 e. The van der Waals surface area contributed by atoms with Crippen molar-refractivity contribution in [3.8, 4) is 0 Å². The molecule has 0 N–H and O–H groups in total. The number of benzene rings is 2. The Morgan fingerprint density at radius 3 is 2.15 bits per heavy atom. The summed E-state index contributed by atoms with van der Waals surface area (Å²) in [6.07, 6.45) is 0.550. The molecule has 1 heterocycles. The predicted octanol–water partition coefficient (Wildman–Crippen LogP) is 4.66. The van der Waals surface area contributed by atoms with Crippen molar-refractivity contribution >= 4 is 53.2 Å². The van der Waals surface area contributed by atoms with Crippen molar-refractivity contribution in [3.05, 3.63) is 69.0 Å². The second-order valence-electron chi connectivity index (χ2n) is 6.39. The van der Waals surface area contributed by atoms with Gasteiger partial charge in [0.05, 0.1) is 0 Å². The Labute approximate surface area is 186 Å². The number of carbonyl (C=O) groups excluding carboxylic acids is 1. The number of ketones is 1. The Balaban J connectivity index is 0.00000182. The molecular weight excluding hydrogens is 501 g/mol. The zero-order valence-corrected chi connectivity index (χ0v) is 18.7. The van der Waals surface area contributed by atoms with Gasteiger partial charge in [0.25, 0.3) is 0 Å². The summed E-state index contributed by atoms with van der Waals surface area (Å²) in [5, 5.41) is 0. The predicted molar refractivity (Wildman–Crippen MR) is 121 cm³/mol. The highest BCUT2D eigenvalue weighted by Gasteiger charge is 2.18. The first kappa shape index (κ1) is 24.3. The molecule has 1 fully saturated rings. The van der Waals surface area contributed by atoms with Crippen LogP contribution in [0.5, 0.6) is 0 Å². The van der Waals surface area contributed by atoms with E-state index in [1.165, 1.54) is 6.07 Å². The second kappa shape index (κ2) is 12.0. The fraction of sp³-hybridized carbons (Fsp3) is 0.350. The highest BCUT2D eigenvalue weighted by Crippen LogP contribution is 2.13. The maximum absolute atomic E-state index is 13.7. The number of Topliss-reactive ketones (excluding diaryl/α,β-unsaturated/α-hetero) is 1. The summed E-state index contributed by atoms with van der Waals surface area (Å²) in [5.74, 6) is 0.0678. The molecule has 0 aliphatic carbocycles. The fourth-order valence-corrected chi connectivity index (χ4v) is 3.44. The zero-order valence-electron chi connectivity index (χ0n) is 14.9. The van der Waals surface area contributed by atoms with Crippen molar-refractivity contribution in [2.45, 2.75) is 13.0 Å². The second-order valence-corrected chi connectivity index (χ2v) is 7.63. The lowest BCUT2D eigenvalue weighted by Gasteiger charge is -2.34. The summed E-state index contributed by atoms with van der Waals surface area (Å²) in [6.45, 7) is 5.11. The van der Waals surface area contributed by atoms with Crippen molar-refractivity contribution in [1.29, 1.82) is 0 Å². The van der Waals surface area contributed by atoms with Gasteiger partial charge in [0.2, 0.25) is 0 Å². The smallest absolute Gasteiger partial charge is 0.164 e. The number of piperazine rings is 1. The van der Waals surface area contributed by atoms with Gasteiger partial charge in [-0.2, -0.15) is 0 Å². The summed E-state index contributed by atoms with van der Waals surface area (Å²) in [4.78, 5) is 16.9. The van der Waals surface area contributed by atoms with Gasteiger partial charge in [-0.3, -0.25) is 9.69 Å². The molecule has 148 valence electrons. The molecule has 0 radical (unpaired) electrons. The minimum atomic E-state index is -0.131. The summed E-state index contributed by atoms with van der Waals surface area (Å²) < 4.78 is 14.9. The molecule has 1 aliphatic heterocycles. The Kier molecular flexibility index (Phi) is 10.8. The lowest BCUT2D eigenvalue weighted by atomic mass is 10.1. The Hall–Kier alpha value is -0.730. The Morgan fingerprint density at radius 2 is 1.52 bits per heavy atom. The summed E-state index contributed by atoms with van der Waals surface area (Å²) in [5.41, 5.74) is 1.54. The topological polar surface area (TPSA) is 23.6 Å². The Morgan fingerprint density at radius 1 is 0.926 bits per heavy atom. The molecule has 0 aromatic heterocycles. The minimum absolute atomic E-state index is 0. The first-order valence-electron chi connectivity index (χ1n) is 8.59. The number of hydrogen-bond acceptors (Lipinski definition) is 3. The average molecular weight is 525 g/mol. The molecule has 27 heavy (non-hydrogen) atoms. The standard InChI is InChI=1S/C20H22FIN2O.2ClH/c21-19-4-2-1-3-17(19)15-24-13-11-23(12-14-24)10-9-20(25)16-5-7-18(22)8-6-16;;/h1-8H,9-15H2;2*1H. The van der Waals surface area contributed by atoms with Crippen molar-refractivity contribution in [2.75, 3.05) is 32.7 Å². The molecule has 0 amide bonds. The number of hydrogen-bond donors (Lipinski definition) is 0. The van der Waals surface area contributed by atoms with E-state index in [9.17, 15) is 9.18 Å². The van der Waals surface area contributed by atoms with Crippen LogP contribution in [0.4, 0.5) is 4.39 Å². The van der Waals surface area contributed by atoms with Crippen LogP contribution >= 0.6 is 47.4 Å². The third kappa shape index (κ3) is 7.31. The van der Waals surface area contributed by atoms with Crippen LogP contribution in [0.15, 0.2) is 48.5 Å². The Bertz CT molecular complexity index is 722. The van der Waals surface area contributed by atoms with Gasteiger partial charge in [0, 0.05) is 60.4 Å². The number of halogens is 4. The monoisotopic (exact) mass is 524 g/mol. The van der Waals surface area contributed by atoms with Gasteiger partial charge in [-0.1, -0.05) is 30.3 Å². The molecule has 0 unspecified atom stereocenters. The molecule has 1 saturated heterocycles. The normalized spacial score (nSPS) is 14.9. The third-order valence-electron chi connectivity index (χ3n) is 4.64. The summed E-state index contributed by atoms with van der Waals surface area (Å²) in [7, 11) is 0. The molecule has 0 saturated carbocycles. The third-order valence-corrected chi connectivity index (χ3v) is 5.36. The van der Waals surface area contributed by atoms with Crippen molar-refractivity contribution in [2.24, 2.45) is 0 Å². The number of nitrogens with zero attached hydrogens (tertiary/aromatic N) is 2. The molecule has 3 nitrogen and oxygen atoms in total. The van der Waals surface area contributed by atoms with Gasteiger partial charge in [0.1, 0.15) is 5.82 Å². The van der Waals surface area contributed by atoms with Gasteiger partial charge < -0.3 is 4.90 Å². The lowest BCUT2D eigenvalue weighted by Crippen LogP contribution is -2.46. The van der Waals surface area contributed by atoms with E-state index in [2.05, 4.69) is 32.4 Å². The van der Waals surface area contributed by atoms with Gasteiger partial charge in [-0.15, -0.1) is 24.8 Å². The van der Waals surface area contributed by atoms with Gasteiger partial charge in [-0.25, -0.2) is 4.39 Å². The van der Waals surface area contributed by atoms with Gasteiger partial charge >= 0.3 is 0 Å². The van der Waals surface area contributed by atoms with Crippen LogP contribution in [-0.4, -0.2) is 48.3 Å². The van der Waals surface area contributed by atoms with Gasteiger partial charge in [0.15, 0.2) is 5.78 Å². The van der Waals surface area contributed by atoms with Crippen LogP contribution in [0.25, 0.3) is 0 Å². The first-order chi connectivity index (χ1) is 12.1. The van der Waals surface area contributed by atoms with Crippen molar-refractivity contribution in [1.82, 2.24) is 9.80 Å². The van der Waals surface area contributed by atoms with Crippen LogP contribution < -0.4 is 0 Å². The molecule has 0 bridgehead atoms. The van der Waals surface area contributed by atoms with E-state index in [0.717, 1.165) is 47.4 Å². The van der Waals surface area contributed by atoms with E-state index in [-0.39, 0.29) is 36.4 Å². The zero-order chi connectivity index (χ0) is 17.6. The largest absolute Gasteiger partial charge is 0.300 e. The fourth-order valence-electron chi connectivity index (χ4n) is 3.08. The van der Waals surface area contributed by atoms with E-state index in [0.29, 0.717) is 13.0 Å². The molecule has 3 rings (SSSR count). The quantitative estimate of drug-likeness (QED) is 0.405. The molecule has 0 atom stereocenters. The summed E-state index contributed by atoms with van der Waals surface area (Å²) in [6, 6.07) is 14.7. The number of rotatable bonds is 6. The maximum Gasteiger partial charge on any atom is 0.164 e. The summed E-state index contributed by atoms with van der Waals surface area (Å²) >= 11 is 2.24. The molecule has 2 aromatic rings. The van der Waals surface area contributed by atoms with Gasteiger partial charge in [-0.05, 0) is 40.8 Å². The maximum atomic E-state index is 13.7. The lowest BCUT2D eigenvalue weighted by molar-refractivity contribution is 0.0921. The van der Waals surface area contributed by atoms with E-state index in [4.69, 9.17) is 0 Å². The highest BCUT2D eigenvalue weighted by atomic mass is 127. The van der Waals surface area contributed by atoms with Crippen molar-refractivity contribution in [3.63, 3.8) is 0 Å². The molecule has 2 aromatic carbocycles. The molecule has 7 heteroatoms. The van der Waals surface area contributed by atoms with Crippen LogP contribution in [-0.2, 0) is 6.54 Å². The van der Waals surface area contributed by atoms with E-state index >= 15 is 0 Å². The highest BCUT2D eigenvalue weighted by molar-refractivity contribution is 14.1. The van der Waals surface area contributed by atoms with Crippen LogP contribution in [0.3, 0.4) is 0 Å². The average Bonchev–Trinajstić information content (AvgIpc) is 2.63.